The Balaban J connectivity index is 1.65. The molecule has 2 N–H and O–H groups in total. The first kappa shape index (κ1) is 19.2. The molecule has 0 saturated carbocycles. The highest BCUT2D eigenvalue weighted by Crippen LogP contribution is 2.21. The number of rotatable bonds is 5. The lowest BCUT2D eigenvalue weighted by Crippen LogP contribution is -2.30. The molecule has 0 aliphatic rings. The third-order valence-electron chi connectivity index (χ3n) is 4.24. The molecular weight excluding hydrogens is 358 g/mol. The van der Waals surface area contributed by atoms with Crippen molar-refractivity contribution in [2.45, 2.75) is 20.0 Å². The van der Waals surface area contributed by atoms with E-state index in [1.807, 2.05) is 35.9 Å². The Morgan fingerprint density at radius 2 is 1.57 bits per heavy atom. The highest BCUT2D eigenvalue weighted by atomic mass is 16.5. The standard InChI is InChI=1S/C21H21N3O4/c1-13(20(26)23-16-10-8-15(9-11-16)22-14(2)25)28-21(27)18-12-24(3)19-7-5-4-6-17(18)19/h4-13H,1-3H3,(H,22,25)(H,23,26)/t13-/m0/s1. The van der Waals surface area contributed by atoms with Crippen molar-refractivity contribution in [3.63, 3.8) is 0 Å². The van der Waals surface area contributed by atoms with Gasteiger partial charge in [0.05, 0.1) is 5.56 Å². The number of aryl methyl sites for hydroxylation is 1. The van der Waals surface area contributed by atoms with E-state index in [0.717, 1.165) is 10.9 Å². The lowest BCUT2D eigenvalue weighted by atomic mass is 10.2. The minimum atomic E-state index is -0.971. The van der Waals surface area contributed by atoms with Crippen LogP contribution in [-0.2, 0) is 21.4 Å². The summed E-state index contributed by atoms with van der Waals surface area (Å²) in [6, 6.07) is 14.1. The van der Waals surface area contributed by atoms with E-state index in [9.17, 15) is 14.4 Å². The lowest BCUT2D eigenvalue weighted by molar-refractivity contribution is -0.123. The second kappa shape index (κ2) is 7.96. The van der Waals surface area contributed by atoms with Gasteiger partial charge in [0.1, 0.15) is 0 Å². The van der Waals surface area contributed by atoms with Gasteiger partial charge in [0.25, 0.3) is 5.91 Å². The molecule has 7 nitrogen and oxygen atoms in total. The van der Waals surface area contributed by atoms with Crippen LogP contribution in [0.5, 0.6) is 0 Å². The zero-order valence-electron chi connectivity index (χ0n) is 15.9. The number of nitrogens with zero attached hydrogens (tertiary/aromatic N) is 1. The quantitative estimate of drug-likeness (QED) is 0.666. The number of ether oxygens (including phenoxy) is 1. The van der Waals surface area contributed by atoms with Crippen molar-refractivity contribution in [2.75, 3.05) is 10.6 Å². The molecule has 2 amide bonds. The average Bonchev–Trinajstić information content (AvgIpc) is 3.00. The SMILES string of the molecule is CC(=O)Nc1ccc(NC(=O)[C@H](C)OC(=O)c2cn(C)c3ccccc23)cc1. The molecule has 3 rings (SSSR count). The zero-order valence-corrected chi connectivity index (χ0v) is 15.9. The maximum Gasteiger partial charge on any atom is 0.341 e. The Kier molecular flexibility index (Phi) is 5.44. The molecule has 0 spiro atoms. The highest BCUT2D eigenvalue weighted by Gasteiger charge is 2.21. The monoisotopic (exact) mass is 379 g/mol. The second-order valence-corrected chi connectivity index (χ2v) is 6.47. The number of nitrogens with one attached hydrogen (secondary N) is 2. The fourth-order valence-corrected chi connectivity index (χ4v) is 2.87. The van der Waals surface area contributed by atoms with Crippen molar-refractivity contribution < 1.29 is 19.1 Å². The highest BCUT2D eigenvalue weighted by molar-refractivity contribution is 6.05. The van der Waals surface area contributed by atoms with E-state index in [0.29, 0.717) is 16.9 Å². The molecule has 0 aliphatic heterocycles. The summed E-state index contributed by atoms with van der Waals surface area (Å²) < 4.78 is 7.19. The molecule has 0 unspecified atom stereocenters. The van der Waals surface area contributed by atoms with Crippen LogP contribution in [0, 0.1) is 0 Å². The number of carbonyl (C=O) groups excluding carboxylic acids is 3. The molecule has 0 radical (unpaired) electrons. The predicted octanol–water partition coefficient (Wildman–Crippen LogP) is 3.32. The molecule has 1 heterocycles. The molecule has 1 aromatic heterocycles. The minimum Gasteiger partial charge on any atom is -0.449 e. The number of benzene rings is 2. The molecule has 144 valence electrons. The number of hydrogen-bond acceptors (Lipinski definition) is 4. The molecule has 0 bridgehead atoms. The van der Waals surface area contributed by atoms with Crippen LogP contribution >= 0.6 is 0 Å². The second-order valence-electron chi connectivity index (χ2n) is 6.47. The summed E-state index contributed by atoms with van der Waals surface area (Å²) in [6.45, 7) is 2.94. The Bertz CT molecular complexity index is 1040. The van der Waals surface area contributed by atoms with E-state index < -0.39 is 18.0 Å². The number of esters is 1. The van der Waals surface area contributed by atoms with E-state index >= 15 is 0 Å². The third kappa shape index (κ3) is 4.20. The topological polar surface area (TPSA) is 89.4 Å². The summed E-state index contributed by atoms with van der Waals surface area (Å²) in [6.07, 6.45) is 0.722. The van der Waals surface area contributed by atoms with Crippen LogP contribution < -0.4 is 10.6 Å². The summed E-state index contributed by atoms with van der Waals surface area (Å²) in [5, 5.41) is 6.11. The summed E-state index contributed by atoms with van der Waals surface area (Å²) >= 11 is 0. The van der Waals surface area contributed by atoms with Crippen molar-refractivity contribution in [3.05, 3.63) is 60.3 Å². The van der Waals surface area contributed by atoms with Gasteiger partial charge < -0.3 is 19.9 Å². The Morgan fingerprint density at radius 3 is 2.21 bits per heavy atom. The van der Waals surface area contributed by atoms with Gasteiger partial charge in [-0.15, -0.1) is 0 Å². The lowest BCUT2D eigenvalue weighted by Gasteiger charge is -2.13. The number of para-hydroxylation sites is 1. The van der Waals surface area contributed by atoms with Crippen LogP contribution in [0.3, 0.4) is 0 Å². The van der Waals surface area contributed by atoms with Gasteiger partial charge in [-0.25, -0.2) is 4.79 Å². The number of amides is 2. The Labute approximate surface area is 162 Å². The van der Waals surface area contributed by atoms with Crippen LogP contribution in [0.25, 0.3) is 10.9 Å². The van der Waals surface area contributed by atoms with Crippen molar-refractivity contribution in [2.24, 2.45) is 7.05 Å². The van der Waals surface area contributed by atoms with Crippen LogP contribution in [0.15, 0.2) is 54.7 Å². The maximum absolute atomic E-state index is 12.5. The molecule has 3 aromatic rings. The first-order valence-electron chi connectivity index (χ1n) is 8.78. The van der Waals surface area contributed by atoms with Crippen molar-refractivity contribution in [1.82, 2.24) is 4.57 Å². The summed E-state index contributed by atoms with van der Waals surface area (Å²) in [7, 11) is 1.85. The van der Waals surface area contributed by atoms with Crippen LogP contribution in [-0.4, -0.2) is 28.5 Å². The minimum absolute atomic E-state index is 0.175. The molecule has 28 heavy (non-hydrogen) atoms. The van der Waals surface area contributed by atoms with Gasteiger partial charge in [0.15, 0.2) is 6.10 Å². The molecule has 0 aliphatic carbocycles. The van der Waals surface area contributed by atoms with Crippen molar-refractivity contribution in [3.8, 4) is 0 Å². The van der Waals surface area contributed by atoms with Crippen LogP contribution in [0.2, 0.25) is 0 Å². The van der Waals surface area contributed by atoms with E-state index in [4.69, 9.17) is 4.74 Å². The molecule has 1 atom stereocenters. The Morgan fingerprint density at radius 1 is 0.964 bits per heavy atom. The average molecular weight is 379 g/mol. The van der Waals surface area contributed by atoms with Gasteiger partial charge in [0.2, 0.25) is 5.91 Å². The number of anilines is 2. The fourth-order valence-electron chi connectivity index (χ4n) is 2.87. The van der Waals surface area contributed by atoms with E-state index in [1.165, 1.54) is 13.8 Å². The summed E-state index contributed by atoms with van der Waals surface area (Å²) in [5.74, 6) is -1.17. The van der Waals surface area contributed by atoms with E-state index in [2.05, 4.69) is 10.6 Å². The van der Waals surface area contributed by atoms with E-state index in [1.54, 1.807) is 30.5 Å². The fraction of sp³-hybridized carbons (Fsp3) is 0.190. The summed E-state index contributed by atoms with van der Waals surface area (Å²) in [4.78, 5) is 35.9. The summed E-state index contributed by atoms with van der Waals surface area (Å²) in [5.41, 5.74) is 2.48. The van der Waals surface area contributed by atoms with Gasteiger partial charge in [0, 0.05) is 42.4 Å². The van der Waals surface area contributed by atoms with Gasteiger partial charge in [-0.2, -0.15) is 0 Å². The number of hydrogen-bond donors (Lipinski definition) is 2. The normalized spacial score (nSPS) is 11.7. The Hall–Kier alpha value is -3.61. The number of aromatic nitrogens is 1. The number of fused-ring (bicyclic) bond motifs is 1. The molecule has 7 heteroatoms. The zero-order chi connectivity index (χ0) is 20.3. The van der Waals surface area contributed by atoms with Gasteiger partial charge in [-0.1, -0.05) is 18.2 Å². The number of carbonyl (C=O) groups is 3. The van der Waals surface area contributed by atoms with Crippen molar-refractivity contribution >= 4 is 40.1 Å². The molecular formula is C21H21N3O4. The molecule has 0 fully saturated rings. The predicted molar refractivity (Wildman–Crippen MR) is 107 cm³/mol. The largest absolute Gasteiger partial charge is 0.449 e. The van der Waals surface area contributed by atoms with E-state index in [-0.39, 0.29) is 5.91 Å². The third-order valence-corrected chi connectivity index (χ3v) is 4.24. The van der Waals surface area contributed by atoms with Gasteiger partial charge in [-0.05, 0) is 37.3 Å². The first-order chi connectivity index (χ1) is 13.3. The maximum atomic E-state index is 12.5. The molecule has 2 aromatic carbocycles. The van der Waals surface area contributed by atoms with Crippen molar-refractivity contribution in [1.29, 1.82) is 0 Å². The smallest absolute Gasteiger partial charge is 0.341 e. The van der Waals surface area contributed by atoms with Crippen LogP contribution in [0.1, 0.15) is 24.2 Å². The van der Waals surface area contributed by atoms with Gasteiger partial charge >= 0.3 is 5.97 Å². The van der Waals surface area contributed by atoms with Crippen LogP contribution in [0.4, 0.5) is 11.4 Å². The molecule has 0 saturated heterocycles. The van der Waals surface area contributed by atoms with Gasteiger partial charge in [-0.3, -0.25) is 9.59 Å². The first-order valence-corrected chi connectivity index (χ1v) is 8.78.